The van der Waals surface area contributed by atoms with Gasteiger partial charge in [0, 0.05) is 17.2 Å². The molecule has 4 nitrogen and oxygen atoms in total. The number of hydrogen-bond donors (Lipinski definition) is 1. The van der Waals surface area contributed by atoms with Crippen LogP contribution in [0.1, 0.15) is 45.7 Å². The minimum Gasteiger partial charge on any atom is -0.491 e. The van der Waals surface area contributed by atoms with E-state index in [1.165, 1.54) is 0 Å². The van der Waals surface area contributed by atoms with Crippen LogP contribution in [-0.4, -0.2) is 43.0 Å². The maximum Gasteiger partial charge on any atom is 0.156 e. The average molecular weight is 504 g/mol. The predicted molar refractivity (Wildman–Crippen MR) is 133 cm³/mol. The molecule has 2 atom stereocenters. The minimum atomic E-state index is -0.675. The lowest BCUT2D eigenvalue weighted by molar-refractivity contribution is -0.0122. The van der Waals surface area contributed by atoms with Crippen molar-refractivity contribution >= 4 is 34.8 Å². The van der Waals surface area contributed by atoms with Gasteiger partial charge in [0.05, 0.1) is 29.4 Å². The summed E-state index contributed by atoms with van der Waals surface area (Å²) in [6, 6.07) is 11.6. The highest BCUT2D eigenvalue weighted by atomic mass is 35.5. The largest absolute Gasteiger partial charge is 0.491 e. The third-order valence-electron chi connectivity index (χ3n) is 5.14. The van der Waals surface area contributed by atoms with Crippen LogP contribution in [0.15, 0.2) is 36.4 Å². The maximum atomic E-state index is 9.96. The van der Waals surface area contributed by atoms with Crippen molar-refractivity contribution in [1.82, 2.24) is 0 Å². The lowest BCUT2D eigenvalue weighted by atomic mass is 9.78. The van der Waals surface area contributed by atoms with E-state index in [1.807, 2.05) is 57.2 Å². The van der Waals surface area contributed by atoms with Gasteiger partial charge < -0.3 is 19.3 Å². The van der Waals surface area contributed by atoms with Gasteiger partial charge in [-0.3, -0.25) is 0 Å². The van der Waals surface area contributed by atoms with Crippen LogP contribution in [0.2, 0.25) is 10.0 Å². The molecule has 0 saturated heterocycles. The standard InChI is InChI=1S/C25H33Cl3O4/c1-16(2)30-14-20(29)15-31-21-8-6-18(7-9-21)25(4,5)19-10-22(27)24(23(28)11-19)32-13-17(3)12-26/h6-11,16-17,20,29H,12-15H2,1-5H3/t17-,20-/m0/s1. The Morgan fingerprint density at radius 3 is 2.00 bits per heavy atom. The van der Waals surface area contributed by atoms with Gasteiger partial charge >= 0.3 is 0 Å². The monoisotopic (exact) mass is 502 g/mol. The van der Waals surface area contributed by atoms with Crippen molar-refractivity contribution in [3.63, 3.8) is 0 Å². The van der Waals surface area contributed by atoms with Crippen LogP contribution in [0.25, 0.3) is 0 Å². The van der Waals surface area contributed by atoms with Crippen molar-refractivity contribution in [3.05, 3.63) is 57.6 Å². The van der Waals surface area contributed by atoms with E-state index in [1.54, 1.807) is 0 Å². The Morgan fingerprint density at radius 1 is 0.875 bits per heavy atom. The molecule has 1 N–H and O–H groups in total. The highest BCUT2D eigenvalue weighted by molar-refractivity contribution is 6.37. The topological polar surface area (TPSA) is 47.9 Å². The van der Waals surface area contributed by atoms with Gasteiger partial charge in [-0.25, -0.2) is 0 Å². The number of hydrogen-bond acceptors (Lipinski definition) is 4. The summed E-state index contributed by atoms with van der Waals surface area (Å²) in [5.41, 5.74) is 1.70. The van der Waals surface area contributed by atoms with Gasteiger partial charge in [0.25, 0.3) is 0 Å². The molecule has 0 heterocycles. The van der Waals surface area contributed by atoms with E-state index in [4.69, 9.17) is 49.0 Å². The molecule has 2 rings (SSSR count). The molecule has 2 aromatic rings. The Hall–Kier alpha value is -1.17. The molecule has 0 amide bonds. The van der Waals surface area contributed by atoms with Crippen molar-refractivity contribution in [2.24, 2.45) is 5.92 Å². The molecule has 0 spiro atoms. The smallest absolute Gasteiger partial charge is 0.156 e. The number of aliphatic hydroxyl groups is 1. The minimum absolute atomic E-state index is 0.0722. The molecule has 7 heteroatoms. The molecule has 0 bridgehead atoms. The molecule has 0 aromatic heterocycles. The molecule has 0 aliphatic carbocycles. The van der Waals surface area contributed by atoms with Gasteiger partial charge in [-0.05, 0) is 49.2 Å². The van der Waals surface area contributed by atoms with E-state index in [0.717, 1.165) is 11.1 Å². The van der Waals surface area contributed by atoms with Crippen molar-refractivity contribution in [2.75, 3.05) is 25.7 Å². The van der Waals surface area contributed by atoms with Crippen molar-refractivity contribution in [1.29, 1.82) is 0 Å². The first-order valence-corrected chi connectivity index (χ1v) is 12.0. The van der Waals surface area contributed by atoms with Crippen LogP contribution in [0.3, 0.4) is 0 Å². The number of rotatable bonds is 12. The number of alkyl halides is 1. The van der Waals surface area contributed by atoms with E-state index in [9.17, 15) is 5.11 Å². The second kappa shape index (κ2) is 12.3. The summed E-state index contributed by atoms with van der Waals surface area (Å²) in [4.78, 5) is 0. The van der Waals surface area contributed by atoms with Crippen molar-refractivity contribution < 1.29 is 19.3 Å². The zero-order chi connectivity index (χ0) is 23.9. The molecule has 0 radical (unpaired) electrons. The molecular formula is C25H33Cl3O4. The lowest BCUT2D eigenvalue weighted by Gasteiger charge is -2.27. The SMILES string of the molecule is CC(C)OC[C@H](O)COc1ccc(C(C)(C)c2cc(Cl)c(OC[C@@H](C)CCl)c(Cl)c2)cc1. The fourth-order valence-corrected chi connectivity index (χ4v) is 3.69. The van der Waals surface area contributed by atoms with Gasteiger partial charge in [-0.1, -0.05) is 56.1 Å². The predicted octanol–water partition coefficient (Wildman–Crippen LogP) is 6.74. The molecule has 32 heavy (non-hydrogen) atoms. The van der Waals surface area contributed by atoms with Gasteiger partial charge in [0.2, 0.25) is 0 Å². The fraction of sp³-hybridized carbons (Fsp3) is 0.520. The molecule has 0 saturated carbocycles. The van der Waals surface area contributed by atoms with Gasteiger partial charge in [0.15, 0.2) is 5.75 Å². The Bertz CT molecular complexity index is 830. The van der Waals surface area contributed by atoms with Crippen LogP contribution in [0, 0.1) is 5.92 Å². The summed E-state index contributed by atoms with van der Waals surface area (Å²) in [6.07, 6.45) is -0.603. The van der Waals surface area contributed by atoms with Crippen molar-refractivity contribution in [2.45, 2.75) is 52.2 Å². The summed E-state index contributed by atoms with van der Waals surface area (Å²) in [5.74, 6) is 1.87. The van der Waals surface area contributed by atoms with E-state index in [0.29, 0.717) is 34.0 Å². The number of aliphatic hydroxyl groups excluding tert-OH is 1. The molecular weight excluding hydrogens is 471 g/mol. The Morgan fingerprint density at radius 2 is 1.47 bits per heavy atom. The normalized spacial score (nSPS) is 13.8. The molecule has 0 aliphatic rings. The van der Waals surface area contributed by atoms with E-state index < -0.39 is 6.10 Å². The summed E-state index contributed by atoms with van der Waals surface area (Å²) in [5, 5.41) is 10.9. The third kappa shape index (κ3) is 7.71. The van der Waals surface area contributed by atoms with Gasteiger partial charge in [-0.2, -0.15) is 0 Å². The van der Waals surface area contributed by atoms with Crippen LogP contribution in [0.4, 0.5) is 0 Å². The highest BCUT2D eigenvalue weighted by Crippen LogP contribution is 2.40. The Balaban J connectivity index is 2.09. The second-order valence-electron chi connectivity index (χ2n) is 8.84. The fourth-order valence-electron chi connectivity index (χ4n) is 3.01. The lowest BCUT2D eigenvalue weighted by Crippen LogP contribution is -2.25. The van der Waals surface area contributed by atoms with Crippen LogP contribution < -0.4 is 9.47 Å². The van der Waals surface area contributed by atoms with Gasteiger partial charge in [-0.15, -0.1) is 11.6 Å². The van der Waals surface area contributed by atoms with Crippen molar-refractivity contribution in [3.8, 4) is 11.5 Å². The van der Waals surface area contributed by atoms with E-state index >= 15 is 0 Å². The average Bonchev–Trinajstić information content (AvgIpc) is 2.75. The summed E-state index contributed by atoms with van der Waals surface area (Å²) < 4.78 is 16.9. The molecule has 0 fully saturated rings. The summed E-state index contributed by atoms with van der Waals surface area (Å²) >= 11 is 18.8. The zero-order valence-electron chi connectivity index (χ0n) is 19.3. The van der Waals surface area contributed by atoms with Crippen LogP contribution in [-0.2, 0) is 10.2 Å². The zero-order valence-corrected chi connectivity index (χ0v) is 21.6. The highest BCUT2D eigenvalue weighted by Gasteiger charge is 2.26. The number of ether oxygens (including phenoxy) is 3. The first kappa shape index (κ1) is 27.1. The van der Waals surface area contributed by atoms with Crippen LogP contribution >= 0.6 is 34.8 Å². The van der Waals surface area contributed by atoms with Gasteiger partial charge in [0.1, 0.15) is 18.5 Å². The third-order valence-corrected chi connectivity index (χ3v) is 6.22. The Labute approximate surface area is 206 Å². The Kier molecular flexibility index (Phi) is 10.4. The second-order valence-corrected chi connectivity index (χ2v) is 9.96. The quantitative estimate of drug-likeness (QED) is 0.326. The summed E-state index contributed by atoms with van der Waals surface area (Å²) in [7, 11) is 0. The van der Waals surface area contributed by atoms with E-state index in [-0.39, 0.29) is 30.7 Å². The maximum absolute atomic E-state index is 9.96. The molecule has 0 unspecified atom stereocenters. The number of benzene rings is 2. The molecule has 178 valence electrons. The first-order chi connectivity index (χ1) is 15.0. The molecule has 0 aliphatic heterocycles. The van der Waals surface area contributed by atoms with E-state index in [2.05, 4.69) is 13.8 Å². The van der Waals surface area contributed by atoms with Crippen LogP contribution in [0.5, 0.6) is 11.5 Å². The summed E-state index contributed by atoms with van der Waals surface area (Å²) in [6.45, 7) is 10.9. The number of halogens is 3. The molecule has 2 aromatic carbocycles. The first-order valence-electron chi connectivity index (χ1n) is 10.8.